The van der Waals surface area contributed by atoms with Gasteiger partial charge in [0, 0.05) is 0 Å². The van der Waals surface area contributed by atoms with E-state index in [4.69, 9.17) is 4.74 Å². The van der Waals surface area contributed by atoms with Crippen molar-refractivity contribution in [2.75, 3.05) is 6.61 Å². The molecule has 0 saturated heterocycles. The van der Waals surface area contributed by atoms with E-state index >= 15 is 0 Å². The van der Waals surface area contributed by atoms with Crippen LogP contribution in [0.25, 0.3) is 0 Å². The molecule has 0 aromatic heterocycles. The molecule has 1 aromatic rings. The molecule has 1 nitrogen and oxygen atoms in total. The van der Waals surface area contributed by atoms with Crippen LogP contribution in [0, 0.1) is 23.5 Å². The largest absolute Gasteiger partial charge is 0.490 e. The zero-order valence-corrected chi connectivity index (χ0v) is 9.72. The molecule has 0 N–H and O–H groups in total. The van der Waals surface area contributed by atoms with E-state index in [0.29, 0.717) is 30.4 Å². The Balaban J connectivity index is 1.72. The Labute approximate surface area is 99.8 Å². The van der Waals surface area contributed by atoms with Gasteiger partial charge in [-0.25, -0.2) is 4.39 Å². The van der Waals surface area contributed by atoms with Crippen LogP contribution in [0.3, 0.4) is 0 Å². The molecule has 3 rings (SSSR count). The van der Waals surface area contributed by atoms with Crippen LogP contribution in [0.2, 0.25) is 0 Å². The van der Waals surface area contributed by atoms with Crippen molar-refractivity contribution < 1.29 is 13.5 Å². The van der Waals surface area contributed by atoms with Gasteiger partial charge in [-0.1, -0.05) is 6.07 Å². The first kappa shape index (κ1) is 11.0. The van der Waals surface area contributed by atoms with E-state index in [1.165, 1.54) is 0 Å². The summed E-state index contributed by atoms with van der Waals surface area (Å²) in [6.07, 6.45) is 5.22. The van der Waals surface area contributed by atoms with E-state index in [0.717, 1.165) is 25.7 Å². The van der Waals surface area contributed by atoms with Crippen LogP contribution in [0.15, 0.2) is 12.1 Å². The van der Waals surface area contributed by atoms with Crippen molar-refractivity contribution in [1.29, 1.82) is 0 Å². The molecule has 2 saturated carbocycles. The fraction of sp³-hybridized carbons (Fsp3) is 0.571. The van der Waals surface area contributed by atoms with Gasteiger partial charge in [0.05, 0.1) is 6.61 Å². The molecule has 2 aliphatic carbocycles. The van der Waals surface area contributed by atoms with Crippen LogP contribution in [0.5, 0.6) is 5.75 Å². The molecule has 1 aromatic carbocycles. The molecular formula is C14H16F2O. The van der Waals surface area contributed by atoms with Crippen LogP contribution in [-0.4, -0.2) is 6.61 Å². The first-order valence-electron chi connectivity index (χ1n) is 6.33. The molecule has 0 atom stereocenters. The zero-order valence-electron chi connectivity index (χ0n) is 9.72. The number of halogens is 2. The fourth-order valence-corrected chi connectivity index (χ4v) is 1.97. The van der Waals surface area contributed by atoms with E-state index in [-0.39, 0.29) is 5.75 Å². The second kappa shape index (κ2) is 4.28. The highest BCUT2D eigenvalue weighted by molar-refractivity contribution is 5.31. The monoisotopic (exact) mass is 238 g/mol. The Morgan fingerprint density at radius 3 is 2.35 bits per heavy atom. The van der Waals surface area contributed by atoms with Crippen LogP contribution < -0.4 is 4.74 Å². The van der Waals surface area contributed by atoms with Gasteiger partial charge >= 0.3 is 0 Å². The lowest BCUT2D eigenvalue weighted by molar-refractivity contribution is 0.279. The number of ether oxygens (including phenoxy) is 1. The van der Waals surface area contributed by atoms with Crippen molar-refractivity contribution >= 4 is 0 Å². The van der Waals surface area contributed by atoms with Gasteiger partial charge in [-0.3, -0.25) is 0 Å². The summed E-state index contributed by atoms with van der Waals surface area (Å²) in [6, 6.07) is 3.23. The zero-order chi connectivity index (χ0) is 11.8. The molecule has 0 unspecified atom stereocenters. The summed E-state index contributed by atoms with van der Waals surface area (Å²) < 4.78 is 32.7. The summed E-state index contributed by atoms with van der Waals surface area (Å²) in [5, 5.41) is 0. The van der Waals surface area contributed by atoms with Gasteiger partial charge in [-0.2, -0.15) is 4.39 Å². The lowest BCUT2D eigenvalue weighted by Gasteiger charge is -2.09. The molecule has 0 aliphatic heterocycles. The minimum atomic E-state index is -0.816. The van der Waals surface area contributed by atoms with E-state index < -0.39 is 11.6 Å². The molecule has 2 aliphatic rings. The molecule has 17 heavy (non-hydrogen) atoms. The Hall–Kier alpha value is -1.12. The average Bonchev–Trinajstić information content (AvgIpc) is 3.17. The van der Waals surface area contributed by atoms with Crippen molar-refractivity contribution in [3.8, 4) is 5.75 Å². The number of hydrogen-bond donors (Lipinski definition) is 0. The Morgan fingerprint density at radius 2 is 1.71 bits per heavy atom. The minimum Gasteiger partial charge on any atom is -0.490 e. The summed E-state index contributed by atoms with van der Waals surface area (Å²) in [5.41, 5.74) is 0.490. The third-order valence-electron chi connectivity index (χ3n) is 3.50. The van der Waals surface area contributed by atoms with Gasteiger partial charge in [0.2, 0.25) is 5.82 Å². The number of rotatable bonds is 5. The highest BCUT2D eigenvalue weighted by Gasteiger charge is 2.26. The molecule has 92 valence electrons. The van der Waals surface area contributed by atoms with E-state index in [9.17, 15) is 8.78 Å². The predicted octanol–water partition coefficient (Wildman–Crippen LogP) is 3.71. The van der Waals surface area contributed by atoms with Gasteiger partial charge in [0.1, 0.15) is 0 Å². The second-order valence-corrected chi connectivity index (χ2v) is 5.25. The molecular weight excluding hydrogens is 222 g/mol. The van der Waals surface area contributed by atoms with Crippen LogP contribution in [-0.2, 0) is 6.42 Å². The van der Waals surface area contributed by atoms with E-state index in [2.05, 4.69) is 0 Å². The van der Waals surface area contributed by atoms with Gasteiger partial charge < -0.3 is 4.74 Å². The first-order chi connectivity index (χ1) is 8.24. The quantitative estimate of drug-likeness (QED) is 0.760. The summed E-state index contributed by atoms with van der Waals surface area (Å²) in [6.45, 7) is 0.512. The maximum Gasteiger partial charge on any atom is 0.200 e. The Morgan fingerprint density at radius 1 is 1.00 bits per heavy atom. The molecule has 3 heteroatoms. The Bertz CT molecular complexity index is 422. The third-order valence-corrected chi connectivity index (χ3v) is 3.50. The maximum absolute atomic E-state index is 13.7. The van der Waals surface area contributed by atoms with Crippen molar-refractivity contribution in [3.05, 3.63) is 29.3 Å². The maximum atomic E-state index is 13.7. The average molecular weight is 238 g/mol. The molecule has 0 spiro atoms. The fourth-order valence-electron chi connectivity index (χ4n) is 1.97. The highest BCUT2D eigenvalue weighted by Crippen LogP contribution is 2.35. The topological polar surface area (TPSA) is 9.23 Å². The van der Waals surface area contributed by atoms with Gasteiger partial charge in [-0.15, -0.1) is 0 Å². The van der Waals surface area contributed by atoms with Gasteiger partial charge in [0.15, 0.2) is 11.6 Å². The highest BCUT2D eigenvalue weighted by atomic mass is 19.2. The van der Waals surface area contributed by atoms with Crippen molar-refractivity contribution in [3.63, 3.8) is 0 Å². The van der Waals surface area contributed by atoms with Crippen molar-refractivity contribution in [2.24, 2.45) is 11.8 Å². The molecule has 0 radical (unpaired) electrons. The lowest BCUT2D eigenvalue weighted by Crippen LogP contribution is -2.04. The van der Waals surface area contributed by atoms with Crippen molar-refractivity contribution in [2.45, 2.75) is 32.1 Å². The van der Waals surface area contributed by atoms with Crippen LogP contribution >= 0.6 is 0 Å². The van der Waals surface area contributed by atoms with Gasteiger partial charge in [-0.05, 0) is 55.6 Å². The second-order valence-electron chi connectivity index (χ2n) is 5.25. The lowest BCUT2D eigenvalue weighted by atomic mass is 10.1. The summed E-state index contributed by atoms with van der Waals surface area (Å²) >= 11 is 0. The molecule has 0 heterocycles. The van der Waals surface area contributed by atoms with Crippen molar-refractivity contribution in [1.82, 2.24) is 0 Å². The van der Waals surface area contributed by atoms with E-state index in [1.807, 2.05) is 0 Å². The predicted molar refractivity (Wildman–Crippen MR) is 61.0 cm³/mol. The van der Waals surface area contributed by atoms with Crippen LogP contribution in [0.1, 0.15) is 31.2 Å². The normalized spacial score (nSPS) is 19.4. The smallest absolute Gasteiger partial charge is 0.200 e. The van der Waals surface area contributed by atoms with E-state index in [1.54, 1.807) is 12.1 Å². The molecule has 2 fully saturated rings. The minimum absolute atomic E-state index is 0.0638. The SMILES string of the molecule is Fc1c(CC2CC2)ccc(OCC2CC2)c1F. The summed E-state index contributed by atoms with van der Waals surface area (Å²) in [7, 11) is 0. The van der Waals surface area contributed by atoms with Crippen LogP contribution in [0.4, 0.5) is 8.78 Å². The summed E-state index contributed by atoms with van der Waals surface area (Å²) in [4.78, 5) is 0. The molecule has 0 bridgehead atoms. The molecule has 0 amide bonds. The number of hydrogen-bond acceptors (Lipinski definition) is 1. The first-order valence-corrected chi connectivity index (χ1v) is 6.33. The standard InChI is InChI=1S/C14H16F2O/c15-13-11(7-9-1-2-9)5-6-12(14(13)16)17-8-10-3-4-10/h5-6,9-10H,1-4,7-8H2. The Kier molecular flexibility index (Phi) is 2.77. The number of benzene rings is 1. The third kappa shape index (κ3) is 2.59. The van der Waals surface area contributed by atoms with Gasteiger partial charge in [0.25, 0.3) is 0 Å². The summed E-state index contributed by atoms with van der Waals surface area (Å²) in [5.74, 6) is -0.367.